The van der Waals surface area contributed by atoms with Gasteiger partial charge in [0.15, 0.2) is 5.69 Å². The van der Waals surface area contributed by atoms with E-state index in [1.54, 1.807) is 13.0 Å². The topological polar surface area (TPSA) is 76.2 Å². The van der Waals surface area contributed by atoms with Crippen LogP contribution in [-0.4, -0.2) is 16.1 Å². The normalized spacial score (nSPS) is 10.6. The molecule has 7 heteroatoms. The van der Waals surface area contributed by atoms with Crippen LogP contribution in [-0.2, 0) is 0 Å². The molecule has 0 bridgehead atoms. The summed E-state index contributed by atoms with van der Waals surface area (Å²) in [6, 6.07) is 4.32. The van der Waals surface area contributed by atoms with Crippen LogP contribution in [0.5, 0.6) is 0 Å². The third-order valence-corrected chi connectivity index (χ3v) is 3.53. The van der Waals surface area contributed by atoms with Gasteiger partial charge in [0.2, 0.25) is 0 Å². The van der Waals surface area contributed by atoms with Crippen molar-refractivity contribution in [3.63, 3.8) is 0 Å². The lowest BCUT2D eigenvalue weighted by molar-refractivity contribution is 0.0691. The van der Waals surface area contributed by atoms with Crippen molar-refractivity contribution in [1.29, 1.82) is 0 Å². The SMILES string of the molecule is Cc1ccc(-c2nc(C(=O)O)c(Cl)c(N)c2Cl)cc1F. The molecule has 2 aromatic rings. The second kappa shape index (κ2) is 5.26. The van der Waals surface area contributed by atoms with Crippen LogP contribution in [0.2, 0.25) is 10.0 Å². The molecular weight excluding hydrogens is 306 g/mol. The number of aryl methyl sites for hydroxylation is 1. The number of hydrogen-bond donors (Lipinski definition) is 2. The molecule has 1 heterocycles. The number of carboxylic acids is 1. The molecule has 0 atom stereocenters. The first-order chi connectivity index (χ1) is 9.32. The number of pyridine rings is 1. The lowest BCUT2D eigenvalue weighted by Gasteiger charge is -2.11. The standard InChI is InChI=1S/C13H9Cl2FN2O2/c1-5-2-3-6(4-7(5)16)11-8(14)10(17)9(15)12(18-11)13(19)20/h2-4H,1H3,(H2,17,18)(H,19,20). The van der Waals surface area contributed by atoms with Crippen LogP contribution in [0.25, 0.3) is 11.3 Å². The lowest BCUT2D eigenvalue weighted by Crippen LogP contribution is -2.06. The predicted octanol–water partition coefficient (Wildman–Crippen LogP) is 3.78. The summed E-state index contributed by atoms with van der Waals surface area (Å²) in [5.74, 6) is -1.79. The minimum absolute atomic E-state index is 0.0109. The quantitative estimate of drug-likeness (QED) is 0.884. The Balaban J connectivity index is 2.73. The maximum atomic E-state index is 13.6. The third kappa shape index (κ3) is 2.42. The number of nitrogen functional groups attached to an aromatic ring is 1. The predicted molar refractivity (Wildman–Crippen MR) is 75.8 cm³/mol. The molecule has 1 aromatic heterocycles. The molecule has 0 radical (unpaired) electrons. The Labute approximate surface area is 124 Å². The molecule has 0 fully saturated rings. The average molecular weight is 315 g/mol. The van der Waals surface area contributed by atoms with E-state index in [9.17, 15) is 9.18 Å². The number of hydrogen-bond acceptors (Lipinski definition) is 3. The highest BCUT2D eigenvalue weighted by Gasteiger charge is 2.21. The van der Waals surface area contributed by atoms with E-state index in [0.29, 0.717) is 11.1 Å². The number of aromatic nitrogens is 1. The number of anilines is 1. The molecule has 0 amide bonds. The zero-order valence-electron chi connectivity index (χ0n) is 10.2. The van der Waals surface area contributed by atoms with Crippen LogP contribution in [0.4, 0.5) is 10.1 Å². The lowest BCUT2D eigenvalue weighted by atomic mass is 10.1. The van der Waals surface area contributed by atoms with E-state index in [2.05, 4.69) is 4.98 Å². The first kappa shape index (κ1) is 14.6. The first-order valence-corrected chi connectivity index (χ1v) is 6.22. The third-order valence-electron chi connectivity index (χ3n) is 2.76. The Morgan fingerprint density at radius 1 is 1.35 bits per heavy atom. The van der Waals surface area contributed by atoms with Gasteiger partial charge in [0.05, 0.1) is 21.4 Å². The Hall–Kier alpha value is -1.85. The van der Waals surface area contributed by atoms with E-state index >= 15 is 0 Å². The van der Waals surface area contributed by atoms with Gasteiger partial charge in [-0.05, 0) is 18.6 Å². The van der Waals surface area contributed by atoms with Crippen LogP contribution in [0.3, 0.4) is 0 Å². The van der Waals surface area contributed by atoms with Crippen molar-refractivity contribution in [3.8, 4) is 11.3 Å². The number of halogens is 3. The number of benzene rings is 1. The average Bonchev–Trinajstić information content (AvgIpc) is 2.39. The fourth-order valence-electron chi connectivity index (χ4n) is 1.63. The summed E-state index contributed by atoms with van der Waals surface area (Å²) in [7, 11) is 0. The van der Waals surface area contributed by atoms with Crippen LogP contribution < -0.4 is 5.73 Å². The minimum Gasteiger partial charge on any atom is -0.476 e. The molecule has 20 heavy (non-hydrogen) atoms. The Morgan fingerprint density at radius 2 is 2.00 bits per heavy atom. The van der Waals surface area contributed by atoms with Gasteiger partial charge < -0.3 is 10.8 Å². The van der Waals surface area contributed by atoms with Gasteiger partial charge in [-0.3, -0.25) is 0 Å². The zero-order chi connectivity index (χ0) is 15.0. The van der Waals surface area contributed by atoms with Gasteiger partial charge in [-0.1, -0.05) is 35.3 Å². The van der Waals surface area contributed by atoms with Gasteiger partial charge in [-0.2, -0.15) is 0 Å². The largest absolute Gasteiger partial charge is 0.476 e. The summed E-state index contributed by atoms with van der Waals surface area (Å²) in [4.78, 5) is 14.9. The number of carboxylic acid groups (broad SMARTS) is 1. The van der Waals surface area contributed by atoms with Crippen LogP contribution in [0.15, 0.2) is 18.2 Å². The van der Waals surface area contributed by atoms with Gasteiger partial charge >= 0.3 is 5.97 Å². The van der Waals surface area contributed by atoms with Gasteiger partial charge in [0, 0.05) is 5.56 Å². The summed E-state index contributed by atoms with van der Waals surface area (Å²) in [5.41, 5.74) is 5.99. The van der Waals surface area contributed by atoms with Gasteiger partial charge in [-0.15, -0.1) is 0 Å². The molecule has 0 aliphatic carbocycles. The van der Waals surface area contributed by atoms with Gasteiger partial charge in [0.25, 0.3) is 0 Å². The van der Waals surface area contributed by atoms with E-state index in [0.717, 1.165) is 0 Å². The van der Waals surface area contributed by atoms with Crippen molar-refractivity contribution in [3.05, 3.63) is 45.3 Å². The second-order valence-corrected chi connectivity index (χ2v) is 4.88. The number of nitrogens with zero attached hydrogens (tertiary/aromatic N) is 1. The number of carbonyl (C=O) groups is 1. The summed E-state index contributed by atoms with van der Waals surface area (Å²) in [6.07, 6.45) is 0. The summed E-state index contributed by atoms with van der Waals surface area (Å²) in [5, 5.41) is 8.78. The monoisotopic (exact) mass is 314 g/mol. The van der Waals surface area contributed by atoms with E-state index in [4.69, 9.17) is 34.0 Å². The van der Waals surface area contributed by atoms with Gasteiger partial charge in [0.1, 0.15) is 5.82 Å². The summed E-state index contributed by atoms with van der Waals surface area (Å²) >= 11 is 11.8. The van der Waals surface area contributed by atoms with Crippen molar-refractivity contribution < 1.29 is 14.3 Å². The number of aromatic carboxylic acids is 1. The molecule has 1 aromatic carbocycles. The highest BCUT2D eigenvalue weighted by molar-refractivity contribution is 6.41. The smallest absolute Gasteiger partial charge is 0.356 e. The molecular formula is C13H9Cl2FN2O2. The van der Waals surface area contributed by atoms with Crippen molar-refractivity contribution in [2.45, 2.75) is 6.92 Å². The minimum atomic E-state index is -1.34. The molecule has 2 rings (SSSR count). The number of nitrogens with two attached hydrogens (primary N) is 1. The van der Waals surface area contributed by atoms with E-state index in [-0.39, 0.29) is 21.4 Å². The molecule has 0 saturated carbocycles. The molecule has 0 aliphatic rings. The van der Waals surface area contributed by atoms with Crippen LogP contribution in [0.1, 0.15) is 16.1 Å². The fraction of sp³-hybridized carbons (Fsp3) is 0.0769. The molecule has 0 spiro atoms. The highest BCUT2D eigenvalue weighted by Crippen LogP contribution is 2.37. The second-order valence-electron chi connectivity index (χ2n) is 4.12. The maximum absolute atomic E-state index is 13.6. The van der Waals surface area contributed by atoms with E-state index in [1.807, 2.05) is 0 Å². The van der Waals surface area contributed by atoms with Crippen LogP contribution >= 0.6 is 23.2 Å². The van der Waals surface area contributed by atoms with Crippen molar-refractivity contribution >= 4 is 34.9 Å². The van der Waals surface area contributed by atoms with E-state index < -0.39 is 17.5 Å². The van der Waals surface area contributed by atoms with Crippen molar-refractivity contribution in [2.24, 2.45) is 0 Å². The fourth-order valence-corrected chi connectivity index (χ4v) is 2.15. The maximum Gasteiger partial charge on any atom is 0.356 e. The van der Waals surface area contributed by atoms with Crippen molar-refractivity contribution in [1.82, 2.24) is 4.98 Å². The number of rotatable bonds is 2. The van der Waals surface area contributed by atoms with Crippen LogP contribution in [0, 0.1) is 12.7 Å². The summed E-state index contributed by atoms with van der Waals surface area (Å²) < 4.78 is 13.6. The van der Waals surface area contributed by atoms with Gasteiger partial charge in [-0.25, -0.2) is 14.2 Å². The van der Waals surface area contributed by atoms with Crippen molar-refractivity contribution in [2.75, 3.05) is 5.73 Å². The molecule has 0 saturated heterocycles. The summed E-state index contributed by atoms with van der Waals surface area (Å²) in [6.45, 7) is 1.60. The molecule has 3 N–H and O–H groups in total. The molecule has 4 nitrogen and oxygen atoms in total. The Bertz CT molecular complexity index is 720. The Kier molecular flexibility index (Phi) is 3.83. The molecule has 0 aliphatic heterocycles. The van der Waals surface area contributed by atoms with E-state index in [1.165, 1.54) is 12.1 Å². The highest BCUT2D eigenvalue weighted by atomic mass is 35.5. The first-order valence-electron chi connectivity index (χ1n) is 5.47. The Morgan fingerprint density at radius 3 is 2.55 bits per heavy atom. The molecule has 0 unspecified atom stereocenters. The zero-order valence-corrected chi connectivity index (χ0v) is 11.8. The molecule has 104 valence electrons.